The van der Waals surface area contributed by atoms with Crippen molar-refractivity contribution in [3.8, 4) is 11.4 Å². The van der Waals surface area contributed by atoms with E-state index in [9.17, 15) is 9.59 Å². The van der Waals surface area contributed by atoms with E-state index < -0.39 is 11.5 Å². The number of hydrogen-bond donors (Lipinski definition) is 2. The molecule has 4 N–H and O–H groups in total. The second kappa shape index (κ2) is 6.79. The van der Waals surface area contributed by atoms with Crippen LogP contribution in [-0.4, -0.2) is 24.3 Å². The first kappa shape index (κ1) is 17.3. The second-order valence-corrected chi connectivity index (χ2v) is 5.62. The minimum Gasteiger partial charge on any atom is -0.494 e. The molecule has 7 nitrogen and oxygen atoms in total. The van der Waals surface area contributed by atoms with Crippen molar-refractivity contribution in [3.05, 3.63) is 58.4 Å². The zero-order valence-corrected chi connectivity index (χ0v) is 14.5. The maximum atomic E-state index is 13.1. The summed E-state index contributed by atoms with van der Waals surface area (Å²) in [5.74, 6) is -0.193. The number of esters is 1. The van der Waals surface area contributed by atoms with E-state index in [0.717, 1.165) is 0 Å². The molecular weight excluding hydrogens is 334 g/mol. The van der Waals surface area contributed by atoms with Crippen molar-refractivity contribution in [1.29, 1.82) is 0 Å². The highest BCUT2D eigenvalue weighted by molar-refractivity contribution is 6.04. The van der Waals surface area contributed by atoms with E-state index in [2.05, 4.69) is 0 Å². The first-order valence-electron chi connectivity index (χ1n) is 8.03. The van der Waals surface area contributed by atoms with Crippen LogP contribution < -0.4 is 21.8 Å². The molecule has 0 radical (unpaired) electrons. The molecule has 0 aliphatic heterocycles. The number of ether oxygens (including phenoxy) is 2. The van der Waals surface area contributed by atoms with Gasteiger partial charge >= 0.3 is 5.97 Å². The molecule has 0 fully saturated rings. The molecule has 0 saturated heterocycles. The molecule has 26 heavy (non-hydrogen) atoms. The van der Waals surface area contributed by atoms with Crippen LogP contribution in [0, 0.1) is 0 Å². The number of rotatable bonds is 4. The summed E-state index contributed by atoms with van der Waals surface area (Å²) in [6.07, 6.45) is 0. The van der Waals surface area contributed by atoms with Crippen molar-refractivity contribution in [3.63, 3.8) is 0 Å². The molecule has 3 rings (SSSR count). The van der Waals surface area contributed by atoms with E-state index in [1.54, 1.807) is 42.5 Å². The Labute approximate surface area is 149 Å². The Hall–Kier alpha value is -3.48. The van der Waals surface area contributed by atoms with Gasteiger partial charge in [-0.3, -0.25) is 9.36 Å². The summed E-state index contributed by atoms with van der Waals surface area (Å²) in [5, 5.41) is 0.547. The average Bonchev–Trinajstić information content (AvgIpc) is 2.63. The SMILES string of the molecule is CCOc1ccc2c(N)c(C(=O)OC)c(=O)n(-c3ccc(N)cc3)c2c1. The molecule has 134 valence electrons. The molecule has 0 unspecified atom stereocenters. The highest BCUT2D eigenvalue weighted by Crippen LogP contribution is 2.29. The summed E-state index contributed by atoms with van der Waals surface area (Å²) in [6.45, 7) is 2.35. The number of nitrogens with zero attached hydrogens (tertiary/aromatic N) is 1. The van der Waals surface area contributed by atoms with Crippen molar-refractivity contribution in [2.75, 3.05) is 25.2 Å². The minimum atomic E-state index is -0.785. The first-order chi connectivity index (χ1) is 12.5. The number of pyridine rings is 1. The molecule has 1 aromatic heterocycles. The summed E-state index contributed by atoms with van der Waals surface area (Å²) >= 11 is 0. The van der Waals surface area contributed by atoms with E-state index in [-0.39, 0.29) is 11.3 Å². The molecular formula is C19H19N3O4. The Morgan fingerprint density at radius 2 is 1.81 bits per heavy atom. The molecule has 0 amide bonds. The number of aromatic nitrogens is 1. The van der Waals surface area contributed by atoms with Gasteiger partial charge in [-0.05, 0) is 43.3 Å². The van der Waals surface area contributed by atoms with Gasteiger partial charge in [0.2, 0.25) is 0 Å². The number of nitrogen functional groups attached to an aromatic ring is 2. The van der Waals surface area contributed by atoms with Crippen LogP contribution >= 0.6 is 0 Å². The standard InChI is InChI=1S/C19H19N3O4/c1-3-26-13-8-9-14-15(10-13)22(12-6-4-11(20)5-7-12)18(23)16(17(14)21)19(24)25-2/h4-10H,3,20-21H2,1-2H3. The van der Waals surface area contributed by atoms with Gasteiger partial charge in [0.15, 0.2) is 0 Å². The van der Waals surface area contributed by atoms with Crippen LogP contribution in [0.15, 0.2) is 47.3 Å². The Balaban J connectivity index is 2.44. The largest absolute Gasteiger partial charge is 0.494 e. The fraction of sp³-hybridized carbons (Fsp3) is 0.158. The van der Waals surface area contributed by atoms with Gasteiger partial charge < -0.3 is 20.9 Å². The lowest BCUT2D eigenvalue weighted by Gasteiger charge is -2.16. The molecule has 3 aromatic rings. The first-order valence-corrected chi connectivity index (χ1v) is 8.03. The van der Waals surface area contributed by atoms with Crippen LogP contribution in [0.4, 0.5) is 11.4 Å². The smallest absolute Gasteiger partial charge is 0.345 e. The number of benzene rings is 2. The van der Waals surface area contributed by atoms with Gasteiger partial charge in [-0.2, -0.15) is 0 Å². The van der Waals surface area contributed by atoms with Crippen LogP contribution in [0.1, 0.15) is 17.3 Å². The molecule has 0 bridgehead atoms. The highest BCUT2D eigenvalue weighted by atomic mass is 16.5. The minimum absolute atomic E-state index is 0.0755. The van der Waals surface area contributed by atoms with Crippen molar-refractivity contribution in [2.45, 2.75) is 6.92 Å². The van der Waals surface area contributed by atoms with Crippen LogP contribution in [0.25, 0.3) is 16.6 Å². The Kier molecular flexibility index (Phi) is 4.53. The normalized spacial score (nSPS) is 10.7. The lowest BCUT2D eigenvalue weighted by molar-refractivity contribution is 0.0600. The number of hydrogen-bond acceptors (Lipinski definition) is 6. The fourth-order valence-electron chi connectivity index (χ4n) is 2.83. The quantitative estimate of drug-likeness (QED) is 0.550. The third-order valence-corrected chi connectivity index (χ3v) is 4.04. The third kappa shape index (κ3) is 2.83. The van der Waals surface area contributed by atoms with Crippen LogP contribution in [0.2, 0.25) is 0 Å². The summed E-state index contributed by atoms with van der Waals surface area (Å²) in [7, 11) is 1.21. The van der Waals surface area contributed by atoms with E-state index in [0.29, 0.717) is 34.6 Å². The van der Waals surface area contributed by atoms with Gasteiger partial charge in [-0.25, -0.2) is 4.79 Å². The highest BCUT2D eigenvalue weighted by Gasteiger charge is 2.22. The van der Waals surface area contributed by atoms with E-state index >= 15 is 0 Å². The number of fused-ring (bicyclic) bond motifs is 1. The zero-order chi connectivity index (χ0) is 18.8. The number of methoxy groups -OCH3 is 1. The van der Waals surface area contributed by atoms with Crippen molar-refractivity contribution >= 4 is 28.2 Å². The Morgan fingerprint density at radius 3 is 2.42 bits per heavy atom. The second-order valence-electron chi connectivity index (χ2n) is 5.62. The third-order valence-electron chi connectivity index (χ3n) is 4.04. The van der Waals surface area contributed by atoms with E-state index in [4.69, 9.17) is 20.9 Å². The number of anilines is 2. The number of nitrogens with two attached hydrogens (primary N) is 2. The summed E-state index contributed by atoms with van der Waals surface area (Å²) in [6, 6.07) is 11.9. The molecule has 2 aromatic carbocycles. The van der Waals surface area contributed by atoms with Crippen molar-refractivity contribution in [2.24, 2.45) is 0 Å². The predicted octanol–water partition coefficient (Wildman–Crippen LogP) is 2.34. The molecule has 7 heteroatoms. The molecule has 0 saturated carbocycles. The predicted molar refractivity (Wildman–Crippen MR) is 101 cm³/mol. The Bertz CT molecular complexity index is 1040. The maximum absolute atomic E-state index is 13.1. The van der Waals surface area contributed by atoms with Crippen molar-refractivity contribution < 1.29 is 14.3 Å². The van der Waals surface area contributed by atoms with Gasteiger partial charge in [0.1, 0.15) is 11.3 Å². The van der Waals surface area contributed by atoms with Crippen molar-refractivity contribution in [1.82, 2.24) is 4.57 Å². The van der Waals surface area contributed by atoms with Gasteiger partial charge in [0.25, 0.3) is 5.56 Å². The monoisotopic (exact) mass is 353 g/mol. The molecule has 0 atom stereocenters. The summed E-state index contributed by atoms with van der Waals surface area (Å²) in [4.78, 5) is 25.2. The van der Waals surface area contributed by atoms with Gasteiger partial charge in [-0.1, -0.05) is 0 Å². The average molecular weight is 353 g/mol. The van der Waals surface area contributed by atoms with Crippen LogP contribution in [0.5, 0.6) is 5.75 Å². The zero-order valence-electron chi connectivity index (χ0n) is 14.5. The Morgan fingerprint density at radius 1 is 1.12 bits per heavy atom. The van der Waals surface area contributed by atoms with Gasteiger partial charge in [0.05, 0.1) is 24.9 Å². The lowest BCUT2D eigenvalue weighted by atomic mass is 10.1. The summed E-state index contributed by atoms with van der Waals surface area (Å²) < 4.78 is 11.7. The van der Waals surface area contributed by atoms with Gasteiger partial charge in [0, 0.05) is 22.8 Å². The van der Waals surface area contributed by atoms with Crippen LogP contribution in [0.3, 0.4) is 0 Å². The fourth-order valence-corrected chi connectivity index (χ4v) is 2.83. The summed E-state index contributed by atoms with van der Waals surface area (Å²) in [5.41, 5.74) is 12.8. The van der Waals surface area contributed by atoms with E-state index in [1.807, 2.05) is 6.92 Å². The molecule has 1 heterocycles. The molecule has 0 aliphatic rings. The van der Waals surface area contributed by atoms with E-state index in [1.165, 1.54) is 11.7 Å². The van der Waals surface area contributed by atoms with Crippen LogP contribution in [-0.2, 0) is 4.74 Å². The number of carbonyl (C=O) groups is 1. The number of carbonyl (C=O) groups excluding carboxylic acids is 1. The topological polar surface area (TPSA) is 110 Å². The molecule has 0 spiro atoms. The maximum Gasteiger partial charge on any atom is 0.345 e. The van der Waals surface area contributed by atoms with Gasteiger partial charge in [-0.15, -0.1) is 0 Å². The molecule has 0 aliphatic carbocycles. The lowest BCUT2D eigenvalue weighted by Crippen LogP contribution is -2.28.